The number of rotatable bonds is 5. The summed E-state index contributed by atoms with van der Waals surface area (Å²) in [5.41, 5.74) is 1.25. The Hall–Kier alpha value is -2.32. The molecular weight excluding hydrogens is 258 g/mol. The third-order valence-electron chi connectivity index (χ3n) is 2.80. The second kappa shape index (κ2) is 6.22. The lowest BCUT2D eigenvalue weighted by molar-refractivity contribution is 0.0393. The quantitative estimate of drug-likeness (QED) is 0.783. The topological polar surface area (TPSA) is 72.5 Å². The van der Waals surface area contributed by atoms with E-state index in [1.807, 2.05) is 31.2 Å². The Bertz CT molecular complexity index is 653. The Labute approximate surface area is 116 Å². The summed E-state index contributed by atoms with van der Waals surface area (Å²) >= 11 is 0. The van der Waals surface area contributed by atoms with Crippen LogP contribution in [0.25, 0.3) is 11.0 Å². The van der Waals surface area contributed by atoms with Gasteiger partial charge in [0.25, 0.3) is 0 Å². The van der Waals surface area contributed by atoms with Gasteiger partial charge < -0.3 is 13.9 Å². The van der Waals surface area contributed by atoms with Crippen molar-refractivity contribution in [3.8, 4) is 6.07 Å². The van der Waals surface area contributed by atoms with Crippen molar-refractivity contribution in [2.24, 2.45) is 0 Å². The number of fused-ring (bicyclic) bond motifs is 1. The second-order valence-corrected chi connectivity index (χ2v) is 4.22. The molecule has 0 amide bonds. The third-order valence-corrected chi connectivity index (χ3v) is 2.80. The molecule has 0 N–H and O–H groups in total. The van der Waals surface area contributed by atoms with E-state index in [9.17, 15) is 4.79 Å². The monoisotopic (exact) mass is 273 g/mol. The molecule has 0 unspecified atom stereocenters. The lowest BCUT2D eigenvalue weighted by Crippen LogP contribution is -2.14. The number of carbonyl (C=O) groups excluding carboxylic acids is 1. The molecule has 0 aliphatic heterocycles. The Morgan fingerprint density at radius 1 is 1.45 bits per heavy atom. The van der Waals surface area contributed by atoms with Gasteiger partial charge >= 0.3 is 5.97 Å². The third kappa shape index (κ3) is 2.81. The van der Waals surface area contributed by atoms with Gasteiger partial charge in [-0.05, 0) is 19.9 Å². The van der Waals surface area contributed by atoms with Crippen molar-refractivity contribution in [2.45, 2.75) is 26.6 Å². The van der Waals surface area contributed by atoms with Crippen molar-refractivity contribution in [3.05, 3.63) is 35.6 Å². The molecule has 5 nitrogen and oxygen atoms in total. The fraction of sp³-hybridized carbons (Fsp3) is 0.333. The molecule has 0 radical (unpaired) electrons. The highest BCUT2D eigenvalue weighted by Crippen LogP contribution is 2.27. The Morgan fingerprint density at radius 2 is 2.20 bits per heavy atom. The number of nitrogens with zero attached hydrogens (tertiary/aromatic N) is 1. The van der Waals surface area contributed by atoms with Crippen LogP contribution in [0, 0.1) is 11.3 Å². The van der Waals surface area contributed by atoms with Crippen LogP contribution in [0.1, 0.15) is 30.0 Å². The number of hydrogen-bond acceptors (Lipinski definition) is 5. The van der Waals surface area contributed by atoms with Crippen LogP contribution in [0.3, 0.4) is 0 Å². The second-order valence-electron chi connectivity index (χ2n) is 4.22. The fourth-order valence-corrected chi connectivity index (χ4v) is 1.85. The zero-order valence-corrected chi connectivity index (χ0v) is 11.4. The zero-order valence-electron chi connectivity index (χ0n) is 11.4. The molecular formula is C15H15NO4. The summed E-state index contributed by atoms with van der Waals surface area (Å²) in [7, 11) is 0. The number of benzene rings is 1. The molecule has 20 heavy (non-hydrogen) atoms. The first kappa shape index (κ1) is 14.1. The minimum Gasteiger partial charge on any atom is -0.449 e. The summed E-state index contributed by atoms with van der Waals surface area (Å²) in [6, 6.07) is 9.16. The molecule has 2 aromatic rings. The SMILES string of the molecule is CCOCc1c(C(=O)O[C@H](C)C#N)oc2ccccc12. The molecule has 0 aliphatic rings. The van der Waals surface area contributed by atoms with Gasteiger partial charge in [-0.3, -0.25) is 0 Å². The molecule has 0 aliphatic carbocycles. The van der Waals surface area contributed by atoms with Crippen LogP contribution in [0.5, 0.6) is 0 Å². The van der Waals surface area contributed by atoms with Crippen molar-refractivity contribution < 1.29 is 18.7 Å². The molecule has 2 rings (SSSR count). The number of esters is 1. The number of furan rings is 1. The molecule has 1 atom stereocenters. The summed E-state index contributed by atoms with van der Waals surface area (Å²) in [5.74, 6) is -0.549. The summed E-state index contributed by atoms with van der Waals surface area (Å²) in [6.45, 7) is 4.17. The Balaban J connectivity index is 2.40. The Morgan fingerprint density at radius 3 is 2.90 bits per heavy atom. The molecule has 1 aromatic carbocycles. The van der Waals surface area contributed by atoms with Crippen LogP contribution < -0.4 is 0 Å². The summed E-state index contributed by atoms with van der Waals surface area (Å²) in [5, 5.41) is 9.52. The zero-order chi connectivity index (χ0) is 14.5. The first-order valence-corrected chi connectivity index (χ1v) is 6.36. The lowest BCUT2D eigenvalue weighted by Gasteiger charge is -2.06. The molecule has 104 valence electrons. The Kier molecular flexibility index (Phi) is 4.38. The first-order valence-electron chi connectivity index (χ1n) is 6.36. The van der Waals surface area contributed by atoms with E-state index in [0.717, 1.165) is 5.39 Å². The van der Waals surface area contributed by atoms with E-state index in [2.05, 4.69) is 0 Å². The van der Waals surface area contributed by atoms with Gasteiger partial charge in [0.05, 0.1) is 6.61 Å². The van der Waals surface area contributed by atoms with Crippen LogP contribution in [0.15, 0.2) is 28.7 Å². The number of para-hydroxylation sites is 1. The van der Waals surface area contributed by atoms with E-state index in [0.29, 0.717) is 17.8 Å². The van der Waals surface area contributed by atoms with Crippen LogP contribution in [-0.2, 0) is 16.1 Å². The van der Waals surface area contributed by atoms with Crippen molar-refractivity contribution in [3.63, 3.8) is 0 Å². The van der Waals surface area contributed by atoms with Gasteiger partial charge in [-0.25, -0.2) is 4.79 Å². The van der Waals surface area contributed by atoms with Crippen LogP contribution in [0.4, 0.5) is 0 Å². The van der Waals surface area contributed by atoms with Gasteiger partial charge in [-0.1, -0.05) is 18.2 Å². The highest BCUT2D eigenvalue weighted by molar-refractivity contribution is 5.96. The van der Waals surface area contributed by atoms with E-state index in [4.69, 9.17) is 19.2 Å². The fourth-order valence-electron chi connectivity index (χ4n) is 1.85. The highest BCUT2D eigenvalue weighted by atomic mass is 16.6. The summed E-state index contributed by atoms with van der Waals surface area (Å²) in [6.07, 6.45) is -0.823. The molecule has 0 saturated carbocycles. The molecule has 1 aromatic heterocycles. The number of ether oxygens (including phenoxy) is 2. The highest BCUT2D eigenvalue weighted by Gasteiger charge is 2.23. The largest absolute Gasteiger partial charge is 0.449 e. The van der Waals surface area contributed by atoms with E-state index >= 15 is 0 Å². The van der Waals surface area contributed by atoms with Gasteiger partial charge in [0.1, 0.15) is 11.7 Å². The van der Waals surface area contributed by atoms with Crippen molar-refractivity contribution in [2.75, 3.05) is 6.61 Å². The molecule has 0 fully saturated rings. The lowest BCUT2D eigenvalue weighted by atomic mass is 10.1. The van der Waals surface area contributed by atoms with Crippen molar-refractivity contribution in [1.29, 1.82) is 5.26 Å². The maximum Gasteiger partial charge on any atom is 0.375 e. The van der Waals surface area contributed by atoms with Gasteiger partial charge in [0, 0.05) is 17.6 Å². The smallest absolute Gasteiger partial charge is 0.375 e. The number of carbonyl (C=O) groups is 1. The van der Waals surface area contributed by atoms with Gasteiger partial charge in [0.2, 0.25) is 5.76 Å². The van der Waals surface area contributed by atoms with E-state index in [-0.39, 0.29) is 12.4 Å². The van der Waals surface area contributed by atoms with E-state index in [1.54, 1.807) is 6.07 Å². The number of hydrogen-bond donors (Lipinski definition) is 0. The predicted octanol–water partition coefficient (Wildman–Crippen LogP) is 3.04. The minimum atomic E-state index is -0.823. The van der Waals surface area contributed by atoms with E-state index < -0.39 is 12.1 Å². The van der Waals surface area contributed by atoms with Crippen LogP contribution >= 0.6 is 0 Å². The predicted molar refractivity (Wildman–Crippen MR) is 72.0 cm³/mol. The van der Waals surface area contributed by atoms with Crippen molar-refractivity contribution in [1.82, 2.24) is 0 Å². The summed E-state index contributed by atoms with van der Waals surface area (Å²) < 4.78 is 15.9. The van der Waals surface area contributed by atoms with Gasteiger partial charge in [-0.2, -0.15) is 5.26 Å². The average Bonchev–Trinajstić information content (AvgIpc) is 2.83. The average molecular weight is 273 g/mol. The minimum absolute atomic E-state index is 0.0988. The van der Waals surface area contributed by atoms with Crippen LogP contribution in [-0.4, -0.2) is 18.7 Å². The molecule has 0 spiro atoms. The molecule has 0 bridgehead atoms. The normalized spacial score (nSPS) is 12.1. The maximum absolute atomic E-state index is 12.0. The molecule has 0 saturated heterocycles. The standard InChI is InChI=1S/C15H15NO4/c1-3-18-9-12-11-6-4-5-7-13(11)20-14(12)15(17)19-10(2)8-16/h4-7,10H,3,9H2,1-2H3/t10-/m1/s1. The van der Waals surface area contributed by atoms with Crippen molar-refractivity contribution >= 4 is 16.9 Å². The summed E-state index contributed by atoms with van der Waals surface area (Å²) in [4.78, 5) is 12.0. The van der Waals surface area contributed by atoms with Gasteiger partial charge in [0.15, 0.2) is 6.10 Å². The first-order chi connectivity index (χ1) is 9.67. The van der Waals surface area contributed by atoms with Crippen LogP contribution in [0.2, 0.25) is 0 Å². The molecule has 5 heteroatoms. The molecule has 1 heterocycles. The maximum atomic E-state index is 12.0. The van der Waals surface area contributed by atoms with E-state index in [1.165, 1.54) is 6.92 Å². The van der Waals surface area contributed by atoms with Gasteiger partial charge in [-0.15, -0.1) is 0 Å². The number of nitriles is 1.